The molecule has 76 valence electrons. The molecule has 14 heavy (non-hydrogen) atoms. The molecule has 0 aliphatic carbocycles. The van der Waals surface area contributed by atoms with Crippen LogP contribution < -0.4 is 10.1 Å². The van der Waals surface area contributed by atoms with Gasteiger partial charge in [-0.3, -0.25) is 0 Å². The van der Waals surface area contributed by atoms with Crippen molar-refractivity contribution in [3.05, 3.63) is 29.3 Å². The standard InChI is InChI=1S/C12H17NO/c1-9-3-4-12(14-2)11(7-9)10-5-6-13-8-10/h3-4,7,10,13H,5-6,8H2,1-2H3. The summed E-state index contributed by atoms with van der Waals surface area (Å²) in [6, 6.07) is 6.42. The van der Waals surface area contributed by atoms with Crippen molar-refractivity contribution in [2.24, 2.45) is 0 Å². The summed E-state index contributed by atoms with van der Waals surface area (Å²) in [5.41, 5.74) is 2.67. The van der Waals surface area contributed by atoms with Gasteiger partial charge in [0.05, 0.1) is 7.11 Å². The van der Waals surface area contributed by atoms with Crippen LogP contribution in [0, 0.1) is 6.92 Å². The largest absolute Gasteiger partial charge is 0.496 e. The smallest absolute Gasteiger partial charge is 0.122 e. The number of hydrogen-bond acceptors (Lipinski definition) is 2. The summed E-state index contributed by atoms with van der Waals surface area (Å²) < 4.78 is 5.38. The van der Waals surface area contributed by atoms with E-state index in [-0.39, 0.29) is 0 Å². The van der Waals surface area contributed by atoms with Crippen molar-refractivity contribution in [1.29, 1.82) is 0 Å². The Morgan fingerprint density at radius 3 is 2.93 bits per heavy atom. The first-order valence-corrected chi connectivity index (χ1v) is 5.16. The summed E-state index contributed by atoms with van der Waals surface area (Å²) in [5, 5.41) is 3.39. The fourth-order valence-electron chi connectivity index (χ4n) is 2.09. The predicted octanol–water partition coefficient (Wildman–Crippen LogP) is 2.08. The van der Waals surface area contributed by atoms with Crippen LogP contribution in [-0.2, 0) is 0 Å². The van der Waals surface area contributed by atoms with Gasteiger partial charge in [-0.15, -0.1) is 0 Å². The minimum atomic E-state index is 0.629. The van der Waals surface area contributed by atoms with Gasteiger partial charge in [-0.2, -0.15) is 0 Å². The van der Waals surface area contributed by atoms with Crippen molar-refractivity contribution in [3.63, 3.8) is 0 Å². The normalized spacial score (nSPS) is 21.1. The lowest BCUT2D eigenvalue weighted by molar-refractivity contribution is 0.406. The second-order valence-corrected chi connectivity index (χ2v) is 3.94. The van der Waals surface area contributed by atoms with Crippen molar-refractivity contribution < 1.29 is 4.74 Å². The van der Waals surface area contributed by atoms with E-state index in [0.717, 1.165) is 18.8 Å². The first-order chi connectivity index (χ1) is 6.81. The lowest BCUT2D eigenvalue weighted by Crippen LogP contribution is -2.08. The van der Waals surface area contributed by atoms with Gasteiger partial charge in [-0.25, -0.2) is 0 Å². The molecule has 1 fully saturated rings. The Hall–Kier alpha value is -1.02. The minimum absolute atomic E-state index is 0.629. The number of rotatable bonds is 2. The van der Waals surface area contributed by atoms with Gasteiger partial charge in [0.25, 0.3) is 0 Å². The van der Waals surface area contributed by atoms with Crippen molar-refractivity contribution in [2.75, 3.05) is 20.2 Å². The van der Waals surface area contributed by atoms with E-state index < -0.39 is 0 Å². The van der Waals surface area contributed by atoms with Crippen LogP contribution in [0.5, 0.6) is 5.75 Å². The second kappa shape index (κ2) is 4.01. The molecule has 2 nitrogen and oxygen atoms in total. The van der Waals surface area contributed by atoms with E-state index in [1.807, 2.05) is 0 Å². The van der Waals surface area contributed by atoms with Crippen LogP contribution in [0.25, 0.3) is 0 Å². The zero-order chi connectivity index (χ0) is 9.97. The molecule has 2 rings (SSSR count). The number of hydrogen-bond donors (Lipinski definition) is 1. The molecular formula is C12H17NO. The molecule has 1 aliphatic rings. The number of ether oxygens (including phenoxy) is 1. The van der Waals surface area contributed by atoms with Crippen molar-refractivity contribution in [1.82, 2.24) is 5.32 Å². The molecule has 1 aromatic carbocycles. The fourth-order valence-corrected chi connectivity index (χ4v) is 2.09. The van der Waals surface area contributed by atoms with Gasteiger partial charge in [0.1, 0.15) is 5.75 Å². The third-order valence-corrected chi connectivity index (χ3v) is 2.89. The molecular weight excluding hydrogens is 174 g/mol. The predicted molar refractivity (Wildman–Crippen MR) is 58.0 cm³/mol. The van der Waals surface area contributed by atoms with Crippen LogP contribution in [0.3, 0.4) is 0 Å². The zero-order valence-corrected chi connectivity index (χ0v) is 8.84. The van der Waals surface area contributed by atoms with Gasteiger partial charge in [0, 0.05) is 12.5 Å². The summed E-state index contributed by atoms with van der Waals surface area (Å²) >= 11 is 0. The molecule has 0 bridgehead atoms. The average Bonchev–Trinajstić information content (AvgIpc) is 2.70. The highest BCUT2D eigenvalue weighted by molar-refractivity contribution is 5.40. The van der Waals surface area contributed by atoms with Gasteiger partial charge < -0.3 is 10.1 Å². The summed E-state index contributed by atoms with van der Waals surface area (Å²) in [5.74, 6) is 1.66. The van der Waals surface area contributed by atoms with Gasteiger partial charge in [-0.1, -0.05) is 17.7 Å². The van der Waals surface area contributed by atoms with Crippen LogP contribution in [0.15, 0.2) is 18.2 Å². The maximum atomic E-state index is 5.38. The highest BCUT2D eigenvalue weighted by Crippen LogP contribution is 2.31. The fraction of sp³-hybridized carbons (Fsp3) is 0.500. The van der Waals surface area contributed by atoms with Crippen LogP contribution in [0.2, 0.25) is 0 Å². The van der Waals surface area contributed by atoms with E-state index in [4.69, 9.17) is 4.74 Å². The molecule has 0 saturated carbocycles. The molecule has 2 heteroatoms. The Bertz CT molecular complexity index is 316. The Morgan fingerprint density at radius 1 is 1.43 bits per heavy atom. The molecule has 1 unspecified atom stereocenters. The SMILES string of the molecule is COc1ccc(C)cc1C1CCNC1. The quantitative estimate of drug-likeness (QED) is 0.772. The van der Waals surface area contributed by atoms with E-state index in [0.29, 0.717) is 5.92 Å². The van der Waals surface area contributed by atoms with Crippen molar-refractivity contribution in [3.8, 4) is 5.75 Å². The van der Waals surface area contributed by atoms with E-state index in [2.05, 4.69) is 30.4 Å². The van der Waals surface area contributed by atoms with Crippen LogP contribution >= 0.6 is 0 Å². The van der Waals surface area contributed by atoms with Gasteiger partial charge in [-0.05, 0) is 31.5 Å². The van der Waals surface area contributed by atoms with Gasteiger partial charge in [0.2, 0.25) is 0 Å². The number of benzene rings is 1. The molecule has 1 aliphatic heterocycles. The second-order valence-electron chi connectivity index (χ2n) is 3.94. The molecule has 0 amide bonds. The molecule has 1 heterocycles. The summed E-state index contributed by atoms with van der Waals surface area (Å²) in [6.45, 7) is 4.34. The number of methoxy groups -OCH3 is 1. The Labute approximate surface area is 85.3 Å². The summed E-state index contributed by atoms with van der Waals surface area (Å²) in [4.78, 5) is 0. The average molecular weight is 191 g/mol. The molecule has 1 atom stereocenters. The summed E-state index contributed by atoms with van der Waals surface area (Å²) in [6.07, 6.45) is 1.22. The third-order valence-electron chi connectivity index (χ3n) is 2.89. The van der Waals surface area contributed by atoms with E-state index in [9.17, 15) is 0 Å². The van der Waals surface area contributed by atoms with E-state index in [1.54, 1.807) is 7.11 Å². The Morgan fingerprint density at radius 2 is 2.29 bits per heavy atom. The Kier molecular flexibility index (Phi) is 2.73. The van der Waals surface area contributed by atoms with Gasteiger partial charge >= 0.3 is 0 Å². The molecule has 1 aromatic rings. The minimum Gasteiger partial charge on any atom is -0.496 e. The third kappa shape index (κ3) is 1.75. The molecule has 0 spiro atoms. The van der Waals surface area contributed by atoms with E-state index >= 15 is 0 Å². The van der Waals surface area contributed by atoms with Crippen LogP contribution in [0.1, 0.15) is 23.5 Å². The maximum Gasteiger partial charge on any atom is 0.122 e. The highest BCUT2D eigenvalue weighted by atomic mass is 16.5. The lowest BCUT2D eigenvalue weighted by Gasteiger charge is -2.14. The Balaban J connectivity index is 2.33. The molecule has 0 radical (unpaired) electrons. The molecule has 1 N–H and O–H groups in total. The van der Waals surface area contributed by atoms with Crippen LogP contribution in [-0.4, -0.2) is 20.2 Å². The van der Waals surface area contributed by atoms with Crippen molar-refractivity contribution >= 4 is 0 Å². The molecule has 1 saturated heterocycles. The monoisotopic (exact) mass is 191 g/mol. The summed E-state index contributed by atoms with van der Waals surface area (Å²) in [7, 11) is 1.75. The zero-order valence-electron chi connectivity index (χ0n) is 8.84. The first kappa shape index (κ1) is 9.53. The number of aryl methyl sites for hydroxylation is 1. The van der Waals surface area contributed by atoms with Crippen molar-refractivity contribution in [2.45, 2.75) is 19.3 Å². The highest BCUT2D eigenvalue weighted by Gasteiger charge is 2.19. The van der Waals surface area contributed by atoms with E-state index in [1.165, 1.54) is 17.5 Å². The first-order valence-electron chi connectivity index (χ1n) is 5.16. The molecule has 0 aromatic heterocycles. The van der Waals surface area contributed by atoms with Gasteiger partial charge in [0.15, 0.2) is 0 Å². The lowest BCUT2D eigenvalue weighted by atomic mass is 9.96. The number of nitrogens with one attached hydrogen (secondary N) is 1. The topological polar surface area (TPSA) is 21.3 Å². The van der Waals surface area contributed by atoms with Crippen LogP contribution in [0.4, 0.5) is 0 Å². The maximum absolute atomic E-state index is 5.38.